The maximum Gasteiger partial charge on any atom is 0.305 e. The van der Waals surface area contributed by atoms with Crippen LogP contribution in [0, 0.1) is 0 Å². The number of aryl methyl sites for hydroxylation is 1. The van der Waals surface area contributed by atoms with Gasteiger partial charge < -0.3 is 4.74 Å². The predicted octanol–water partition coefficient (Wildman–Crippen LogP) is 3.14. The standard InChI is InChI=1S/C14H21NO2/c1-2-17-14(16)10-6-4-3-5-8-13-9-7-11-15-12-13/h7,9,11-12H,2-6,8,10H2,1H3. The van der Waals surface area contributed by atoms with Crippen molar-refractivity contribution in [2.45, 2.75) is 45.4 Å². The number of hydrogen-bond donors (Lipinski definition) is 0. The van der Waals surface area contributed by atoms with E-state index in [0.717, 1.165) is 32.1 Å². The maximum atomic E-state index is 11.1. The first kappa shape index (κ1) is 13.7. The van der Waals surface area contributed by atoms with Crippen LogP contribution in [-0.4, -0.2) is 17.6 Å². The highest BCUT2D eigenvalue weighted by Crippen LogP contribution is 2.08. The number of pyridine rings is 1. The minimum atomic E-state index is -0.0697. The number of aromatic nitrogens is 1. The molecule has 0 aliphatic carbocycles. The topological polar surface area (TPSA) is 39.2 Å². The molecule has 17 heavy (non-hydrogen) atoms. The summed E-state index contributed by atoms with van der Waals surface area (Å²) in [6.07, 6.45) is 9.70. The van der Waals surface area contributed by atoms with Gasteiger partial charge in [-0.1, -0.05) is 18.9 Å². The molecule has 0 amide bonds. The van der Waals surface area contributed by atoms with Gasteiger partial charge in [-0.2, -0.15) is 0 Å². The quantitative estimate of drug-likeness (QED) is 0.513. The number of carbonyl (C=O) groups is 1. The smallest absolute Gasteiger partial charge is 0.305 e. The molecule has 0 saturated carbocycles. The SMILES string of the molecule is CCOC(=O)CCCCCCc1cccnc1. The highest BCUT2D eigenvalue weighted by Gasteiger charge is 2.00. The number of rotatable bonds is 8. The van der Waals surface area contributed by atoms with E-state index in [-0.39, 0.29) is 5.97 Å². The maximum absolute atomic E-state index is 11.1. The summed E-state index contributed by atoms with van der Waals surface area (Å²) >= 11 is 0. The van der Waals surface area contributed by atoms with Crippen molar-refractivity contribution in [1.29, 1.82) is 0 Å². The molecule has 3 nitrogen and oxygen atoms in total. The van der Waals surface area contributed by atoms with Crippen molar-refractivity contribution in [2.75, 3.05) is 6.61 Å². The van der Waals surface area contributed by atoms with Gasteiger partial charge in [-0.15, -0.1) is 0 Å². The third-order valence-electron chi connectivity index (χ3n) is 2.62. The van der Waals surface area contributed by atoms with Crippen LogP contribution in [0.2, 0.25) is 0 Å². The van der Waals surface area contributed by atoms with Crippen LogP contribution in [0.15, 0.2) is 24.5 Å². The molecule has 1 heterocycles. The fraction of sp³-hybridized carbons (Fsp3) is 0.571. The van der Waals surface area contributed by atoms with Crippen molar-refractivity contribution < 1.29 is 9.53 Å². The largest absolute Gasteiger partial charge is 0.466 e. The van der Waals surface area contributed by atoms with E-state index >= 15 is 0 Å². The lowest BCUT2D eigenvalue weighted by Gasteiger charge is -2.02. The Bertz CT molecular complexity index is 311. The molecule has 0 unspecified atom stereocenters. The second-order valence-electron chi connectivity index (χ2n) is 4.08. The van der Waals surface area contributed by atoms with Gasteiger partial charge in [0.2, 0.25) is 0 Å². The van der Waals surface area contributed by atoms with E-state index in [9.17, 15) is 4.79 Å². The van der Waals surface area contributed by atoms with Crippen molar-refractivity contribution in [2.24, 2.45) is 0 Å². The Kier molecular flexibility index (Phi) is 7.03. The van der Waals surface area contributed by atoms with Crippen LogP contribution in [0.5, 0.6) is 0 Å². The van der Waals surface area contributed by atoms with Gasteiger partial charge in [0, 0.05) is 18.8 Å². The molecular formula is C14H21NO2. The Labute approximate surface area is 103 Å². The molecule has 1 aromatic rings. The molecule has 0 radical (unpaired) electrons. The third-order valence-corrected chi connectivity index (χ3v) is 2.62. The zero-order chi connectivity index (χ0) is 12.3. The van der Waals surface area contributed by atoms with Crippen LogP contribution in [0.4, 0.5) is 0 Å². The number of hydrogen-bond acceptors (Lipinski definition) is 3. The van der Waals surface area contributed by atoms with Gasteiger partial charge in [0.15, 0.2) is 0 Å². The van der Waals surface area contributed by atoms with E-state index in [1.807, 2.05) is 19.2 Å². The van der Waals surface area contributed by atoms with E-state index in [0.29, 0.717) is 13.0 Å². The molecule has 0 fully saturated rings. The van der Waals surface area contributed by atoms with Gasteiger partial charge in [0.05, 0.1) is 6.61 Å². The summed E-state index contributed by atoms with van der Waals surface area (Å²) in [7, 11) is 0. The molecule has 0 spiro atoms. The van der Waals surface area contributed by atoms with Gasteiger partial charge in [0.1, 0.15) is 0 Å². The lowest BCUT2D eigenvalue weighted by Crippen LogP contribution is -2.03. The Hall–Kier alpha value is -1.38. The van der Waals surface area contributed by atoms with Crippen molar-refractivity contribution in [1.82, 2.24) is 4.98 Å². The second-order valence-corrected chi connectivity index (χ2v) is 4.08. The Morgan fingerprint density at radius 3 is 2.82 bits per heavy atom. The molecule has 1 rings (SSSR count). The average molecular weight is 235 g/mol. The van der Waals surface area contributed by atoms with E-state index in [4.69, 9.17) is 4.74 Å². The number of nitrogens with zero attached hydrogens (tertiary/aromatic N) is 1. The minimum absolute atomic E-state index is 0.0697. The average Bonchev–Trinajstić information content (AvgIpc) is 2.35. The lowest BCUT2D eigenvalue weighted by atomic mass is 10.1. The first-order valence-electron chi connectivity index (χ1n) is 6.37. The van der Waals surface area contributed by atoms with Gasteiger partial charge in [-0.3, -0.25) is 9.78 Å². The molecule has 0 atom stereocenters. The van der Waals surface area contributed by atoms with Crippen molar-refractivity contribution in [3.63, 3.8) is 0 Å². The molecule has 0 N–H and O–H groups in total. The molecule has 0 aliphatic rings. The van der Waals surface area contributed by atoms with Crippen LogP contribution in [0.1, 0.15) is 44.6 Å². The van der Waals surface area contributed by atoms with Crippen LogP contribution < -0.4 is 0 Å². The second kappa shape index (κ2) is 8.74. The van der Waals surface area contributed by atoms with Crippen molar-refractivity contribution >= 4 is 5.97 Å². The molecule has 0 aromatic carbocycles. The first-order valence-corrected chi connectivity index (χ1v) is 6.37. The zero-order valence-electron chi connectivity index (χ0n) is 10.5. The van der Waals surface area contributed by atoms with Crippen LogP contribution in [0.3, 0.4) is 0 Å². The molecule has 94 valence electrons. The number of unbranched alkanes of at least 4 members (excludes halogenated alkanes) is 3. The summed E-state index contributed by atoms with van der Waals surface area (Å²) in [6.45, 7) is 2.33. The predicted molar refractivity (Wildman–Crippen MR) is 67.7 cm³/mol. The first-order chi connectivity index (χ1) is 8.33. The third kappa shape index (κ3) is 6.72. The molecule has 3 heteroatoms. The number of carbonyl (C=O) groups excluding carboxylic acids is 1. The highest BCUT2D eigenvalue weighted by molar-refractivity contribution is 5.69. The van der Waals surface area contributed by atoms with E-state index < -0.39 is 0 Å². The van der Waals surface area contributed by atoms with Crippen LogP contribution in [0.25, 0.3) is 0 Å². The Morgan fingerprint density at radius 1 is 1.29 bits per heavy atom. The fourth-order valence-electron chi connectivity index (χ4n) is 1.73. The van der Waals surface area contributed by atoms with Crippen molar-refractivity contribution in [3.05, 3.63) is 30.1 Å². The number of esters is 1. The van der Waals surface area contributed by atoms with E-state index in [1.54, 1.807) is 6.20 Å². The van der Waals surface area contributed by atoms with Gasteiger partial charge >= 0.3 is 5.97 Å². The monoisotopic (exact) mass is 235 g/mol. The Morgan fingerprint density at radius 2 is 2.12 bits per heavy atom. The van der Waals surface area contributed by atoms with E-state index in [2.05, 4.69) is 11.1 Å². The molecule has 0 saturated heterocycles. The van der Waals surface area contributed by atoms with Gasteiger partial charge in [-0.05, 0) is 37.8 Å². The summed E-state index contributed by atoms with van der Waals surface area (Å²) < 4.78 is 4.87. The van der Waals surface area contributed by atoms with Gasteiger partial charge in [0.25, 0.3) is 0 Å². The van der Waals surface area contributed by atoms with Crippen LogP contribution >= 0.6 is 0 Å². The minimum Gasteiger partial charge on any atom is -0.466 e. The lowest BCUT2D eigenvalue weighted by molar-refractivity contribution is -0.143. The van der Waals surface area contributed by atoms with Gasteiger partial charge in [-0.25, -0.2) is 0 Å². The molecular weight excluding hydrogens is 214 g/mol. The Balaban J connectivity index is 1.96. The normalized spacial score (nSPS) is 10.2. The molecule has 1 aromatic heterocycles. The molecule has 0 aliphatic heterocycles. The summed E-state index contributed by atoms with van der Waals surface area (Å²) in [5, 5.41) is 0. The highest BCUT2D eigenvalue weighted by atomic mass is 16.5. The summed E-state index contributed by atoms with van der Waals surface area (Å²) in [5.74, 6) is -0.0697. The van der Waals surface area contributed by atoms with Crippen LogP contribution in [-0.2, 0) is 16.0 Å². The molecule has 0 bridgehead atoms. The summed E-state index contributed by atoms with van der Waals surface area (Å²) in [5.41, 5.74) is 1.29. The number of ether oxygens (including phenoxy) is 1. The fourth-order valence-corrected chi connectivity index (χ4v) is 1.73. The summed E-state index contributed by atoms with van der Waals surface area (Å²) in [6, 6.07) is 4.07. The zero-order valence-corrected chi connectivity index (χ0v) is 10.5. The van der Waals surface area contributed by atoms with Crippen molar-refractivity contribution in [3.8, 4) is 0 Å². The van der Waals surface area contributed by atoms with E-state index in [1.165, 1.54) is 5.56 Å². The summed E-state index contributed by atoms with van der Waals surface area (Å²) in [4.78, 5) is 15.1.